The quantitative estimate of drug-likeness (QED) is 0.834. The second-order valence-corrected chi connectivity index (χ2v) is 7.28. The summed E-state index contributed by atoms with van der Waals surface area (Å²) < 4.78 is 2.15. The van der Waals surface area contributed by atoms with Gasteiger partial charge in [-0.05, 0) is 44.7 Å². The Bertz CT molecular complexity index is 573. The van der Waals surface area contributed by atoms with Gasteiger partial charge in [0.15, 0.2) is 0 Å². The van der Waals surface area contributed by atoms with Gasteiger partial charge in [-0.2, -0.15) is 0 Å². The molecule has 1 aliphatic carbocycles. The lowest BCUT2D eigenvalue weighted by Gasteiger charge is -2.35. The van der Waals surface area contributed by atoms with Gasteiger partial charge >= 0.3 is 0 Å². The van der Waals surface area contributed by atoms with Gasteiger partial charge in [0.2, 0.25) is 5.91 Å². The maximum Gasteiger partial charge on any atom is 0.228 e. The number of rotatable bonds is 5. The Hall–Kier alpha value is -1.40. The lowest BCUT2D eigenvalue weighted by Crippen LogP contribution is -2.53. The molecule has 1 unspecified atom stereocenters. The third-order valence-electron chi connectivity index (χ3n) is 5.99. The minimum Gasteiger partial charge on any atom is -0.334 e. The van der Waals surface area contributed by atoms with Gasteiger partial charge in [-0.25, -0.2) is 4.98 Å². The molecule has 3 heterocycles. The lowest BCUT2D eigenvalue weighted by molar-refractivity contribution is -0.139. The molecule has 6 nitrogen and oxygen atoms in total. The van der Waals surface area contributed by atoms with Crippen LogP contribution in [0, 0.1) is 11.3 Å². The maximum atomic E-state index is 13.0. The van der Waals surface area contributed by atoms with E-state index in [1.165, 1.54) is 19.3 Å². The van der Waals surface area contributed by atoms with Crippen LogP contribution in [-0.4, -0.2) is 52.6 Å². The minimum atomic E-state index is 0.166. The average Bonchev–Trinajstić information content (AvgIpc) is 2.99. The Kier molecular flexibility index (Phi) is 3.89. The van der Waals surface area contributed by atoms with E-state index in [0.717, 1.165) is 38.5 Å². The number of carbonyl (C=O) groups excluding carboxylic acids is 1. The fraction of sp³-hybridized carbons (Fsp3) is 0.765. The first-order chi connectivity index (χ1) is 11.2. The van der Waals surface area contributed by atoms with Crippen LogP contribution in [0.4, 0.5) is 0 Å². The molecule has 6 heteroatoms. The molecule has 0 radical (unpaired) electrons. The van der Waals surface area contributed by atoms with E-state index in [1.807, 2.05) is 12.4 Å². The molecule has 1 aromatic rings. The molecule has 1 amide bonds. The highest BCUT2D eigenvalue weighted by molar-refractivity contribution is 5.81. The predicted molar refractivity (Wildman–Crippen MR) is 87.8 cm³/mol. The van der Waals surface area contributed by atoms with Crippen molar-refractivity contribution >= 4 is 5.91 Å². The van der Waals surface area contributed by atoms with Crippen LogP contribution in [0.3, 0.4) is 0 Å². The molecule has 3 aliphatic rings. The van der Waals surface area contributed by atoms with Crippen molar-refractivity contribution in [1.29, 1.82) is 0 Å². The molecular weight excluding hydrogens is 290 g/mol. The van der Waals surface area contributed by atoms with E-state index >= 15 is 0 Å². The standard InChI is InChI=1S/C17H27N5O/c1-2-21-8-7-20-15(21)12-22(16(23)13-10-19-11-13)14-9-17(14)3-5-18-6-4-17/h7-8,13-14,18-19H,2-6,9-12H2,1H3. The molecule has 2 aliphatic heterocycles. The number of hydrogen-bond donors (Lipinski definition) is 2. The van der Waals surface area contributed by atoms with E-state index in [9.17, 15) is 4.79 Å². The monoisotopic (exact) mass is 317 g/mol. The summed E-state index contributed by atoms with van der Waals surface area (Å²) in [7, 11) is 0. The summed E-state index contributed by atoms with van der Waals surface area (Å²) in [5.41, 5.74) is 0.377. The number of imidazole rings is 1. The van der Waals surface area contributed by atoms with E-state index in [4.69, 9.17) is 0 Å². The second-order valence-electron chi connectivity index (χ2n) is 7.28. The van der Waals surface area contributed by atoms with Crippen LogP contribution in [0.15, 0.2) is 12.4 Å². The topological polar surface area (TPSA) is 62.2 Å². The summed E-state index contributed by atoms with van der Waals surface area (Å²) in [5.74, 6) is 1.51. The number of carbonyl (C=O) groups is 1. The summed E-state index contributed by atoms with van der Waals surface area (Å²) in [5, 5.41) is 6.68. The van der Waals surface area contributed by atoms with Gasteiger partial charge in [-0.3, -0.25) is 4.79 Å². The number of piperidine rings is 1. The molecule has 4 rings (SSSR count). The van der Waals surface area contributed by atoms with E-state index in [1.54, 1.807) is 0 Å². The number of aromatic nitrogens is 2. The molecule has 3 fully saturated rings. The summed E-state index contributed by atoms with van der Waals surface area (Å²) in [6.45, 7) is 7.54. The number of amides is 1. The van der Waals surface area contributed by atoms with E-state index in [0.29, 0.717) is 23.9 Å². The smallest absolute Gasteiger partial charge is 0.228 e. The number of aryl methyl sites for hydroxylation is 1. The third kappa shape index (κ3) is 2.68. The van der Waals surface area contributed by atoms with Crippen LogP contribution in [0.1, 0.15) is 32.0 Å². The molecule has 1 saturated carbocycles. The van der Waals surface area contributed by atoms with E-state index in [2.05, 4.69) is 32.0 Å². The van der Waals surface area contributed by atoms with Gasteiger partial charge in [0, 0.05) is 38.1 Å². The molecule has 23 heavy (non-hydrogen) atoms. The van der Waals surface area contributed by atoms with E-state index < -0.39 is 0 Å². The first-order valence-electron chi connectivity index (χ1n) is 8.95. The highest BCUT2D eigenvalue weighted by Gasteiger charge is 2.58. The first kappa shape index (κ1) is 15.1. The molecule has 1 aromatic heterocycles. The average molecular weight is 317 g/mol. The zero-order valence-electron chi connectivity index (χ0n) is 13.9. The van der Waals surface area contributed by atoms with Gasteiger partial charge in [0.25, 0.3) is 0 Å². The van der Waals surface area contributed by atoms with Crippen LogP contribution in [0.5, 0.6) is 0 Å². The van der Waals surface area contributed by atoms with Crippen molar-refractivity contribution in [2.45, 2.75) is 45.3 Å². The number of hydrogen-bond acceptors (Lipinski definition) is 4. The largest absolute Gasteiger partial charge is 0.334 e. The van der Waals surface area contributed by atoms with Gasteiger partial charge in [-0.15, -0.1) is 0 Å². The molecule has 126 valence electrons. The summed E-state index contributed by atoms with van der Waals surface area (Å²) in [4.78, 5) is 19.6. The SMILES string of the molecule is CCn1ccnc1CN(C(=O)C1CNC1)C1CC12CCNCC2. The fourth-order valence-corrected chi connectivity index (χ4v) is 4.20. The van der Waals surface area contributed by atoms with Crippen LogP contribution >= 0.6 is 0 Å². The third-order valence-corrected chi connectivity index (χ3v) is 5.99. The van der Waals surface area contributed by atoms with Crippen molar-refractivity contribution in [2.75, 3.05) is 26.2 Å². The van der Waals surface area contributed by atoms with Gasteiger partial charge in [-0.1, -0.05) is 0 Å². The zero-order valence-corrected chi connectivity index (χ0v) is 13.9. The normalized spacial score (nSPS) is 26.0. The van der Waals surface area contributed by atoms with Crippen molar-refractivity contribution < 1.29 is 4.79 Å². The maximum absolute atomic E-state index is 13.0. The highest BCUT2D eigenvalue weighted by Crippen LogP contribution is 2.56. The Morgan fingerprint density at radius 3 is 2.83 bits per heavy atom. The second kappa shape index (κ2) is 5.91. The van der Waals surface area contributed by atoms with Crippen molar-refractivity contribution in [3.8, 4) is 0 Å². The van der Waals surface area contributed by atoms with Crippen LogP contribution in [-0.2, 0) is 17.9 Å². The highest BCUT2D eigenvalue weighted by atomic mass is 16.2. The van der Waals surface area contributed by atoms with Gasteiger partial charge in [0.1, 0.15) is 5.82 Å². The Morgan fingerprint density at radius 1 is 1.39 bits per heavy atom. The predicted octanol–water partition coefficient (Wildman–Crippen LogP) is 0.593. The summed E-state index contributed by atoms with van der Waals surface area (Å²) >= 11 is 0. The van der Waals surface area contributed by atoms with Crippen molar-refractivity contribution in [1.82, 2.24) is 25.1 Å². The Labute approximate surface area is 137 Å². The van der Waals surface area contributed by atoms with Crippen LogP contribution in [0.25, 0.3) is 0 Å². The van der Waals surface area contributed by atoms with E-state index in [-0.39, 0.29) is 5.92 Å². The lowest BCUT2D eigenvalue weighted by atomic mass is 9.93. The van der Waals surface area contributed by atoms with Crippen LogP contribution < -0.4 is 10.6 Å². The number of nitrogens with zero attached hydrogens (tertiary/aromatic N) is 3. The molecule has 2 saturated heterocycles. The van der Waals surface area contributed by atoms with Gasteiger partial charge < -0.3 is 20.1 Å². The Balaban J connectivity index is 1.53. The Morgan fingerprint density at radius 2 is 2.17 bits per heavy atom. The van der Waals surface area contributed by atoms with Crippen molar-refractivity contribution in [3.63, 3.8) is 0 Å². The summed E-state index contributed by atoms with van der Waals surface area (Å²) in [6.07, 6.45) is 7.43. The summed E-state index contributed by atoms with van der Waals surface area (Å²) in [6, 6.07) is 0.416. The minimum absolute atomic E-state index is 0.166. The van der Waals surface area contributed by atoms with Crippen molar-refractivity contribution in [3.05, 3.63) is 18.2 Å². The first-order valence-corrected chi connectivity index (χ1v) is 8.95. The van der Waals surface area contributed by atoms with Gasteiger partial charge in [0.05, 0.1) is 12.5 Å². The molecule has 1 atom stereocenters. The molecule has 2 N–H and O–H groups in total. The fourth-order valence-electron chi connectivity index (χ4n) is 4.20. The zero-order chi connectivity index (χ0) is 15.9. The van der Waals surface area contributed by atoms with Crippen LogP contribution in [0.2, 0.25) is 0 Å². The van der Waals surface area contributed by atoms with Crippen molar-refractivity contribution in [2.24, 2.45) is 11.3 Å². The molecular formula is C17H27N5O. The molecule has 0 aromatic carbocycles. The molecule has 0 bridgehead atoms. The number of nitrogens with one attached hydrogen (secondary N) is 2. The molecule has 1 spiro atoms.